The molecule has 0 aliphatic carbocycles. The van der Waals surface area contributed by atoms with Gasteiger partial charge in [0.15, 0.2) is 0 Å². The van der Waals surface area contributed by atoms with Crippen molar-refractivity contribution in [2.45, 2.75) is 12.8 Å². The summed E-state index contributed by atoms with van der Waals surface area (Å²) in [6, 6.07) is 5.24. The zero-order valence-electron chi connectivity index (χ0n) is 7.28. The van der Waals surface area contributed by atoms with Gasteiger partial charge in [0.25, 0.3) is 0 Å². The highest BCUT2D eigenvalue weighted by Gasteiger charge is 2.24. The summed E-state index contributed by atoms with van der Waals surface area (Å²) in [7, 11) is 0. The van der Waals surface area contributed by atoms with Gasteiger partial charge < -0.3 is 9.84 Å². The lowest BCUT2D eigenvalue weighted by atomic mass is 10.0. The minimum atomic E-state index is -0.925. The molecule has 1 N–H and O–H groups in total. The second-order valence-corrected chi connectivity index (χ2v) is 3.24. The molecule has 1 aromatic carbocycles. The van der Waals surface area contributed by atoms with Crippen molar-refractivity contribution in [2.75, 3.05) is 6.61 Å². The maximum atomic E-state index is 10.8. The molecule has 0 radical (unpaired) electrons. The third-order valence-corrected chi connectivity index (χ3v) is 2.28. The Kier molecular flexibility index (Phi) is 1.72. The number of carboxylic acid groups (broad SMARTS) is 1. The van der Waals surface area contributed by atoms with E-state index in [1.807, 2.05) is 13.0 Å². The van der Waals surface area contributed by atoms with Gasteiger partial charge in [0.05, 0.1) is 6.61 Å². The summed E-state index contributed by atoms with van der Waals surface area (Å²) < 4.78 is 5.32. The highest BCUT2D eigenvalue weighted by atomic mass is 16.5. The molecule has 0 saturated heterocycles. The second-order valence-electron chi connectivity index (χ2n) is 3.24. The van der Waals surface area contributed by atoms with E-state index in [0.717, 1.165) is 5.56 Å². The molecule has 1 unspecified atom stereocenters. The number of aromatic carboxylic acids is 1. The molecule has 3 heteroatoms. The maximum absolute atomic E-state index is 10.8. The molecule has 0 saturated carbocycles. The van der Waals surface area contributed by atoms with Crippen LogP contribution in [0.25, 0.3) is 0 Å². The minimum Gasteiger partial charge on any atom is -0.492 e. The predicted octanol–water partition coefficient (Wildman–Crippen LogP) is 1.88. The Balaban J connectivity index is 2.57. The zero-order chi connectivity index (χ0) is 9.42. The van der Waals surface area contributed by atoms with Crippen molar-refractivity contribution < 1.29 is 14.6 Å². The highest BCUT2D eigenvalue weighted by Crippen LogP contribution is 2.36. The fraction of sp³-hybridized carbons (Fsp3) is 0.300. The molecule has 0 amide bonds. The molecular weight excluding hydrogens is 168 g/mol. The van der Waals surface area contributed by atoms with Gasteiger partial charge in [0.2, 0.25) is 0 Å². The molecule has 0 aromatic heterocycles. The molecule has 1 aliphatic rings. The van der Waals surface area contributed by atoms with Crippen LogP contribution < -0.4 is 4.74 Å². The molecule has 68 valence electrons. The molecule has 0 bridgehead atoms. The van der Waals surface area contributed by atoms with E-state index in [2.05, 4.69) is 0 Å². The molecule has 13 heavy (non-hydrogen) atoms. The summed E-state index contributed by atoms with van der Waals surface area (Å²) >= 11 is 0. The van der Waals surface area contributed by atoms with Gasteiger partial charge in [-0.05, 0) is 6.07 Å². The number of ether oxygens (including phenoxy) is 1. The number of rotatable bonds is 1. The number of fused-ring (bicyclic) bond motifs is 1. The van der Waals surface area contributed by atoms with E-state index in [1.54, 1.807) is 12.1 Å². The first-order valence-corrected chi connectivity index (χ1v) is 4.19. The van der Waals surface area contributed by atoms with E-state index in [-0.39, 0.29) is 5.56 Å². The lowest BCUT2D eigenvalue weighted by Gasteiger charge is -2.02. The predicted molar refractivity (Wildman–Crippen MR) is 47.3 cm³/mol. The number of carbonyl (C=O) groups is 1. The summed E-state index contributed by atoms with van der Waals surface area (Å²) in [6.07, 6.45) is 0. The van der Waals surface area contributed by atoms with Crippen LogP contribution in [0, 0.1) is 0 Å². The fourth-order valence-corrected chi connectivity index (χ4v) is 1.57. The Morgan fingerprint density at radius 2 is 2.38 bits per heavy atom. The van der Waals surface area contributed by atoms with E-state index < -0.39 is 5.97 Å². The lowest BCUT2D eigenvalue weighted by Crippen LogP contribution is -1.99. The average Bonchev–Trinajstić information content (AvgIpc) is 2.48. The molecule has 0 fully saturated rings. The topological polar surface area (TPSA) is 46.5 Å². The van der Waals surface area contributed by atoms with Crippen molar-refractivity contribution in [3.05, 3.63) is 29.3 Å². The van der Waals surface area contributed by atoms with E-state index in [0.29, 0.717) is 18.3 Å². The summed E-state index contributed by atoms with van der Waals surface area (Å²) in [6.45, 7) is 2.61. The van der Waals surface area contributed by atoms with Gasteiger partial charge in [-0.25, -0.2) is 4.79 Å². The van der Waals surface area contributed by atoms with E-state index in [4.69, 9.17) is 9.84 Å². The third-order valence-electron chi connectivity index (χ3n) is 2.28. The molecule has 1 aliphatic heterocycles. The number of hydrogen-bond acceptors (Lipinski definition) is 2. The van der Waals surface area contributed by atoms with Crippen molar-refractivity contribution in [3.63, 3.8) is 0 Å². The van der Waals surface area contributed by atoms with Gasteiger partial charge in [-0.1, -0.05) is 19.1 Å². The standard InChI is InChI=1S/C10H10O3/c1-6-5-13-9-7(6)3-2-4-8(9)10(11)12/h2-4,6H,5H2,1H3,(H,11,12). The van der Waals surface area contributed by atoms with Crippen LogP contribution in [-0.4, -0.2) is 17.7 Å². The van der Waals surface area contributed by atoms with Crippen LogP contribution in [0.3, 0.4) is 0 Å². The van der Waals surface area contributed by atoms with E-state index >= 15 is 0 Å². The number of hydrogen-bond donors (Lipinski definition) is 1. The summed E-state index contributed by atoms with van der Waals surface area (Å²) in [5, 5.41) is 8.86. The average molecular weight is 178 g/mol. The number of para-hydroxylation sites is 1. The summed E-state index contributed by atoms with van der Waals surface area (Å²) in [5.41, 5.74) is 1.27. The molecule has 1 aromatic rings. The molecule has 3 nitrogen and oxygen atoms in total. The first-order chi connectivity index (χ1) is 6.20. The molecule has 1 heterocycles. The molecule has 2 rings (SSSR count). The Labute approximate surface area is 76.0 Å². The zero-order valence-corrected chi connectivity index (χ0v) is 7.28. The second kappa shape index (κ2) is 2.76. The van der Waals surface area contributed by atoms with Gasteiger partial charge in [-0.3, -0.25) is 0 Å². The van der Waals surface area contributed by atoms with Crippen molar-refractivity contribution in [3.8, 4) is 5.75 Å². The van der Waals surface area contributed by atoms with Gasteiger partial charge in [0.1, 0.15) is 11.3 Å². The van der Waals surface area contributed by atoms with Crippen LogP contribution in [0.2, 0.25) is 0 Å². The minimum absolute atomic E-state index is 0.266. The first-order valence-electron chi connectivity index (χ1n) is 4.19. The van der Waals surface area contributed by atoms with Crippen molar-refractivity contribution >= 4 is 5.97 Å². The summed E-state index contributed by atoms with van der Waals surface area (Å²) in [4.78, 5) is 10.8. The van der Waals surface area contributed by atoms with Crippen molar-refractivity contribution in [1.29, 1.82) is 0 Å². The normalized spacial score (nSPS) is 19.3. The maximum Gasteiger partial charge on any atom is 0.339 e. The van der Waals surface area contributed by atoms with Crippen molar-refractivity contribution in [2.24, 2.45) is 0 Å². The Hall–Kier alpha value is -1.51. The molecule has 1 atom stereocenters. The smallest absolute Gasteiger partial charge is 0.339 e. The first kappa shape index (κ1) is 8.10. The van der Waals surface area contributed by atoms with Gasteiger partial charge >= 0.3 is 5.97 Å². The lowest BCUT2D eigenvalue weighted by molar-refractivity contribution is 0.0693. The monoisotopic (exact) mass is 178 g/mol. The van der Waals surface area contributed by atoms with Crippen LogP contribution in [0.15, 0.2) is 18.2 Å². The van der Waals surface area contributed by atoms with Gasteiger partial charge in [0, 0.05) is 11.5 Å². The third kappa shape index (κ3) is 1.16. The van der Waals surface area contributed by atoms with Gasteiger partial charge in [-0.15, -0.1) is 0 Å². The highest BCUT2D eigenvalue weighted by molar-refractivity contribution is 5.91. The van der Waals surface area contributed by atoms with Crippen molar-refractivity contribution in [1.82, 2.24) is 0 Å². The SMILES string of the molecule is CC1COc2c(C(=O)O)cccc21. The quantitative estimate of drug-likeness (QED) is 0.714. The summed E-state index contributed by atoms with van der Waals surface area (Å²) in [5.74, 6) is -0.0808. The van der Waals surface area contributed by atoms with Gasteiger partial charge in [-0.2, -0.15) is 0 Å². The molecule has 0 spiro atoms. The van der Waals surface area contributed by atoms with Crippen LogP contribution in [-0.2, 0) is 0 Å². The van der Waals surface area contributed by atoms with Crippen LogP contribution in [0.1, 0.15) is 28.8 Å². The number of benzene rings is 1. The molecular formula is C10H10O3. The largest absolute Gasteiger partial charge is 0.492 e. The Morgan fingerprint density at radius 1 is 1.62 bits per heavy atom. The van der Waals surface area contributed by atoms with E-state index in [9.17, 15) is 4.79 Å². The Morgan fingerprint density at radius 3 is 3.08 bits per heavy atom. The van der Waals surface area contributed by atoms with E-state index in [1.165, 1.54) is 0 Å². The van der Waals surface area contributed by atoms with Crippen LogP contribution >= 0.6 is 0 Å². The Bertz CT molecular complexity index is 357. The fourth-order valence-electron chi connectivity index (χ4n) is 1.57. The number of carboxylic acids is 1. The van der Waals surface area contributed by atoms with Crippen LogP contribution in [0.4, 0.5) is 0 Å². The van der Waals surface area contributed by atoms with Crippen LogP contribution in [0.5, 0.6) is 5.75 Å².